The Hall–Kier alpha value is -1.62. The van der Waals surface area contributed by atoms with Crippen molar-refractivity contribution in [3.8, 4) is 0 Å². The first kappa shape index (κ1) is 12.8. The molecule has 1 unspecified atom stereocenters. The summed E-state index contributed by atoms with van der Waals surface area (Å²) in [5.74, 6) is 0. The minimum Gasteiger partial charge on any atom is -0.305 e. The summed E-state index contributed by atoms with van der Waals surface area (Å²) in [6, 6.07) is 2.29. The van der Waals surface area contributed by atoms with Gasteiger partial charge in [-0.1, -0.05) is 0 Å². The lowest BCUT2D eigenvalue weighted by Gasteiger charge is -2.11. The first-order valence-electron chi connectivity index (χ1n) is 6.36. The van der Waals surface area contributed by atoms with E-state index in [0.29, 0.717) is 0 Å². The van der Waals surface area contributed by atoms with Crippen molar-refractivity contribution in [3.05, 3.63) is 35.4 Å². The molecule has 0 spiro atoms. The van der Waals surface area contributed by atoms with Gasteiger partial charge in [0.1, 0.15) is 0 Å². The summed E-state index contributed by atoms with van der Waals surface area (Å²) in [5, 5.41) is 12.2. The van der Waals surface area contributed by atoms with Crippen molar-refractivity contribution in [1.82, 2.24) is 24.9 Å². The Bertz CT molecular complexity index is 511. The maximum atomic E-state index is 4.40. The molecule has 2 rings (SSSR count). The van der Waals surface area contributed by atoms with Gasteiger partial charge in [-0.25, -0.2) is 0 Å². The average Bonchev–Trinajstić information content (AvgIpc) is 2.93. The molecule has 1 atom stereocenters. The molecule has 98 valence electrons. The molecule has 0 radical (unpaired) electrons. The van der Waals surface area contributed by atoms with E-state index in [0.717, 1.165) is 18.8 Å². The number of nitrogens with zero attached hydrogens (tertiary/aromatic N) is 4. The van der Waals surface area contributed by atoms with Crippen LogP contribution in [0.4, 0.5) is 0 Å². The molecule has 0 saturated heterocycles. The molecule has 0 aliphatic rings. The molecule has 5 heteroatoms. The van der Waals surface area contributed by atoms with Crippen molar-refractivity contribution in [2.75, 3.05) is 0 Å². The third kappa shape index (κ3) is 2.61. The summed E-state index contributed by atoms with van der Waals surface area (Å²) in [6.07, 6.45) is 3.91. The van der Waals surface area contributed by atoms with E-state index in [2.05, 4.69) is 36.3 Å². The quantitative estimate of drug-likeness (QED) is 0.876. The number of nitrogens with one attached hydrogen (secondary N) is 1. The molecule has 0 fully saturated rings. The fourth-order valence-corrected chi connectivity index (χ4v) is 2.01. The second-order valence-corrected chi connectivity index (χ2v) is 4.59. The molecule has 0 aromatic carbocycles. The summed E-state index contributed by atoms with van der Waals surface area (Å²) in [7, 11) is 1.94. The van der Waals surface area contributed by atoms with Crippen molar-refractivity contribution >= 4 is 0 Å². The van der Waals surface area contributed by atoms with Crippen molar-refractivity contribution in [2.45, 2.75) is 39.9 Å². The van der Waals surface area contributed by atoms with Gasteiger partial charge >= 0.3 is 0 Å². The van der Waals surface area contributed by atoms with E-state index in [4.69, 9.17) is 0 Å². The molecule has 18 heavy (non-hydrogen) atoms. The number of hydrogen-bond donors (Lipinski definition) is 1. The van der Waals surface area contributed by atoms with Crippen molar-refractivity contribution in [2.24, 2.45) is 7.05 Å². The molecular formula is C13H21N5. The fourth-order valence-electron chi connectivity index (χ4n) is 2.01. The molecule has 0 aliphatic heterocycles. The van der Waals surface area contributed by atoms with Crippen LogP contribution in [0, 0.1) is 6.92 Å². The molecule has 0 amide bonds. The third-order valence-corrected chi connectivity index (χ3v) is 3.28. The maximum Gasteiger partial charge on any atom is 0.0791 e. The Balaban J connectivity index is 1.97. The number of rotatable bonds is 5. The van der Waals surface area contributed by atoms with E-state index in [-0.39, 0.29) is 6.04 Å². The highest BCUT2D eigenvalue weighted by atomic mass is 15.3. The first-order valence-corrected chi connectivity index (χ1v) is 6.36. The van der Waals surface area contributed by atoms with Gasteiger partial charge in [0.25, 0.3) is 0 Å². The topological polar surface area (TPSA) is 47.7 Å². The zero-order valence-corrected chi connectivity index (χ0v) is 11.5. The Morgan fingerprint density at radius 1 is 1.44 bits per heavy atom. The van der Waals surface area contributed by atoms with E-state index >= 15 is 0 Å². The SMILES string of the molecule is CCn1ncc(CNC(C)c2ccn(C)n2)c1C. The van der Waals surface area contributed by atoms with Gasteiger partial charge in [-0.05, 0) is 26.8 Å². The summed E-state index contributed by atoms with van der Waals surface area (Å²) in [5.41, 5.74) is 3.55. The number of aryl methyl sites for hydroxylation is 2. The van der Waals surface area contributed by atoms with Crippen LogP contribution in [0.1, 0.15) is 36.8 Å². The predicted molar refractivity (Wildman–Crippen MR) is 71.1 cm³/mol. The van der Waals surface area contributed by atoms with Gasteiger partial charge in [-0.15, -0.1) is 0 Å². The van der Waals surface area contributed by atoms with Crippen LogP contribution in [0.2, 0.25) is 0 Å². The Morgan fingerprint density at radius 2 is 2.22 bits per heavy atom. The van der Waals surface area contributed by atoms with Crippen LogP contribution in [-0.2, 0) is 20.1 Å². The van der Waals surface area contributed by atoms with Crippen LogP contribution in [0.25, 0.3) is 0 Å². The van der Waals surface area contributed by atoms with Gasteiger partial charge in [-0.3, -0.25) is 9.36 Å². The van der Waals surface area contributed by atoms with Crippen LogP contribution in [0.15, 0.2) is 18.5 Å². The Labute approximate surface area is 108 Å². The van der Waals surface area contributed by atoms with Gasteiger partial charge in [0.15, 0.2) is 0 Å². The second kappa shape index (κ2) is 5.35. The minimum absolute atomic E-state index is 0.246. The molecule has 2 aromatic rings. The first-order chi connectivity index (χ1) is 8.61. The van der Waals surface area contributed by atoms with Gasteiger partial charge in [-0.2, -0.15) is 10.2 Å². The summed E-state index contributed by atoms with van der Waals surface area (Å²) in [6.45, 7) is 8.08. The molecule has 5 nitrogen and oxygen atoms in total. The Kier molecular flexibility index (Phi) is 3.81. The lowest BCUT2D eigenvalue weighted by Crippen LogP contribution is -2.19. The van der Waals surface area contributed by atoms with E-state index < -0.39 is 0 Å². The molecule has 2 heterocycles. The Morgan fingerprint density at radius 3 is 2.78 bits per heavy atom. The third-order valence-electron chi connectivity index (χ3n) is 3.28. The zero-order chi connectivity index (χ0) is 13.1. The smallest absolute Gasteiger partial charge is 0.0791 e. The fraction of sp³-hybridized carbons (Fsp3) is 0.538. The summed E-state index contributed by atoms with van der Waals surface area (Å²) < 4.78 is 3.84. The second-order valence-electron chi connectivity index (χ2n) is 4.59. The highest BCUT2D eigenvalue weighted by molar-refractivity contribution is 5.16. The number of aromatic nitrogens is 4. The highest BCUT2D eigenvalue weighted by Gasteiger charge is 2.10. The van der Waals surface area contributed by atoms with Gasteiger partial charge in [0.05, 0.1) is 11.9 Å². The number of hydrogen-bond acceptors (Lipinski definition) is 3. The molecule has 2 aromatic heterocycles. The average molecular weight is 247 g/mol. The maximum absolute atomic E-state index is 4.40. The van der Waals surface area contributed by atoms with Crippen molar-refractivity contribution in [3.63, 3.8) is 0 Å². The van der Waals surface area contributed by atoms with Crippen LogP contribution in [0.3, 0.4) is 0 Å². The largest absolute Gasteiger partial charge is 0.305 e. The van der Waals surface area contributed by atoms with Crippen LogP contribution in [0.5, 0.6) is 0 Å². The molecule has 0 bridgehead atoms. The molecule has 0 saturated carbocycles. The summed E-state index contributed by atoms with van der Waals surface area (Å²) >= 11 is 0. The standard InChI is InChI=1S/C13H21N5/c1-5-18-11(3)12(9-15-18)8-14-10(2)13-6-7-17(4)16-13/h6-7,9-10,14H,5,8H2,1-4H3. The van der Waals surface area contributed by atoms with E-state index in [1.165, 1.54) is 11.3 Å². The van der Waals surface area contributed by atoms with Crippen LogP contribution in [-0.4, -0.2) is 19.6 Å². The lowest BCUT2D eigenvalue weighted by molar-refractivity contribution is 0.549. The molecule has 1 N–H and O–H groups in total. The molecule has 0 aliphatic carbocycles. The normalized spacial score (nSPS) is 12.9. The van der Waals surface area contributed by atoms with E-state index in [9.17, 15) is 0 Å². The minimum atomic E-state index is 0.246. The van der Waals surface area contributed by atoms with Crippen LogP contribution < -0.4 is 5.32 Å². The van der Waals surface area contributed by atoms with Gasteiger partial charge < -0.3 is 5.32 Å². The van der Waals surface area contributed by atoms with Crippen molar-refractivity contribution in [1.29, 1.82) is 0 Å². The van der Waals surface area contributed by atoms with E-state index in [1.807, 2.05) is 34.9 Å². The molecular weight excluding hydrogens is 226 g/mol. The monoisotopic (exact) mass is 247 g/mol. The van der Waals surface area contributed by atoms with Gasteiger partial charge in [0.2, 0.25) is 0 Å². The summed E-state index contributed by atoms with van der Waals surface area (Å²) in [4.78, 5) is 0. The van der Waals surface area contributed by atoms with Gasteiger partial charge in [0, 0.05) is 43.6 Å². The predicted octanol–water partition coefficient (Wildman–Crippen LogP) is 1.80. The van der Waals surface area contributed by atoms with Crippen molar-refractivity contribution < 1.29 is 0 Å². The van der Waals surface area contributed by atoms with E-state index in [1.54, 1.807) is 0 Å². The van der Waals surface area contributed by atoms with Crippen LogP contribution >= 0.6 is 0 Å². The zero-order valence-electron chi connectivity index (χ0n) is 11.5. The highest BCUT2D eigenvalue weighted by Crippen LogP contribution is 2.12. The lowest BCUT2D eigenvalue weighted by atomic mass is 10.2.